The van der Waals surface area contributed by atoms with E-state index in [1.165, 1.54) is 25.3 Å². The summed E-state index contributed by atoms with van der Waals surface area (Å²) in [6.45, 7) is 0. The molecule has 0 spiro atoms. The quantitative estimate of drug-likeness (QED) is 0.791. The molecule has 0 bridgehead atoms. The molecule has 0 atom stereocenters. The van der Waals surface area contributed by atoms with Crippen molar-refractivity contribution in [2.45, 2.75) is 4.90 Å². The normalized spacial score (nSPS) is 11.5. The predicted molar refractivity (Wildman–Crippen MR) is 88.4 cm³/mol. The summed E-state index contributed by atoms with van der Waals surface area (Å²) >= 11 is 0. The van der Waals surface area contributed by atoms with Gasteiger partial charge in [0.2, 0.25) is 15.9 Å². The molecule has 0 radical (unpaired) electrons. The number of sulfonamides is 1. The Hall–Kier alpha value is -2.78. The van der Waals surface area contributed by atoms with Gasteiger partial charge in [-0.25, -0.2) is 22.3 Å². The van der Waals surface area contributed by atoms with Gasteiger partial charge < -0.3 is 10.1 Å². The molecule has 2 aromatic rings. The summed E-state index contributed by atoms with van der Waals surface area (Å²) in [6.07, 6.45) is 1.88. The van der Waals surface area contributed by atoms with Crippen molar-refractivity contribution >= 4 is 27.7 Å². The zero-order valence-electron chi connectivity index (χ0n) is 13.0. The number of carbonyl (C=O) groups is 1. The number of hydrogen-bond acceptors (Lipinski definition) is 4. The second kappa shape index (κ2) is 7.41. The number of carbonyl (C=O) groups excluding carboxylic acids is 1. The number of rotatable bonds is 5. The maximum absolute atomic E-state index is 13.5. The Labute approximate surface area is 143 Å². The van der Waals surface area contributed by atoms with E-state index in [1.807, 2.05) is 0 Å². The molecule has 2 aromatic carbocycles. The number of ether oxygens (including phenoxy) is 1. The zero-order valence-corrected chi connectivity index (χ0v) is 13.8. The Morgan fingerprint density at radius 3 is 2.40 bits per heavy atom. The van der Waals surface area contributed by atoms with Gasteiger partial charge in [0.05, 0.1) is 17.7 Å². The number of benzene rings is 2. The number of amides is 1. The van der Waals surface area contributed by atoms with Gasteiger partial charge >= 0.3 is 0 Å². The molecule has 0 aliphatic heterocycles. The largest absolute Gasteiger partial charge is 0.495 e. The van der Waals surface area contributed by atoms with Crippen LogP contribution in [0.4, 0.5) is 14.5 Å². The van der Waals surface area contributed by atoms with Crippen molar-refractivity contribution < 1.29 is 26.7 Å². The number of hydrogen-bond donors (Lipinski definition) is 2. The average Bonchev–Trinajstić information content (AvgIpc) is 2.53. The van der Waals surface area contributed by atoms with Gasteiger partial charge in [0.15, 0.2) is 0 Å². The van der Waals surface area contributed by atoms with Crippen LogP contribution in [0.25, 0.3) is 6.08 Å². The Bertz CT molecular complexity index is 923. The summed E-state index contributed by atoms with van der Waals surface area (Å²) in [5.41, 5.74) is -0.333. The van der Waals surface area contributed by atoms with Crippen molar-refractivity contribution in [2.75, 3.05) is 12.4 Å². The van der Waals surface area contributed by atoms with Crippen molar-refractivity contribution in [3.05, 3.63) is 59.7 Å². The SMILES string of the molecule is COc1ccc(S(N)(=O)=O)cc1NC(=O)/C=C/c1c(F)cccc1F. The predicted octanol–water partition coefficient (Wildman–Crippen LogP) is 2.27. The summed E-state index contributed by atoms with van der Waals surface area (Å²) in [4.78, 5) is 11.7. The monoisotopic (exact) mass is 368 g/mol. The molecule has 25 heavy (non-hydrogen) atoms. The number of primary sulfonamides is 1. The van der Waals surface area contributed by atoms with Gasteiger partial charge in [-0.15, -0.1) is 0 Å². The first-order chi connectivity index (χ1) is 11.7. The maximum atomic E-state index is 13.5. The summed E-state index contributed by atoms with van der Waals surface area (Å²) in [5, 5.41) is 7.40. The second-order valence-electron chi connectivity index (χ2n) is 4.87. The Balaban J connectivity index is 2.27. The fourth-order valence-electron chi connectivity index (χ4n) is 1.97. The van der Waals surface area contributed by atoms with E-state index < -0.39 is 27.6 Å². The molecule has 0 unspecified atom stereocenters. The van der Waals surface area contributed by atoms with Gasteiger partial charge in [-0.05, 0) is 36.4 Å². The van der Waals surface area contributed by atoms with Crippen LogP contribution in [0.2, 0.25) is 0 Å². The summed E-state index contributed by atoms with van der Waals surface area (Å²) in [7, 11) is -2.65. The van der Waals surface area contributed by atoms with Crippen LogP contribution >= 0.6 is 0 Å². The molecule has 0 aromatic heterocycles. The molecule has 3 N–H and O–H groups in total. The Kier molecular flexibility index (Phi) is 5.50. The smallest absolute Gasteiger partial charge is 0.248 e. The Morgan fingerprint density at radius 2 is 1.84 bits per heavy atom. The minimum atomic E-state index is -3.98. The highest BCUT2D eigenvalue weighted by atomic mass is 32.2. The van der Waals surface area contributed by atoms with E-state index in [1.54, 1.807) is 0 Å². The molecule has 0 fully saturated rings. The molecule has 0 heterocycles. The molecule has 0 saturated heterocycles. The molecule has 9 heteroatoms. The lowest BCUT2D eigenvalue weighted by atomic mass is 10.2. The molecule has 0 saturated carbocycles. The van der Waals surface area contributed by atoms with Crippen molar-refractivity contribution in [1.29, 1.82) is 0 Å². The first kappa shape index (κ1) is 18.6. The van der Waals surface area contributed by atoms with Gasteiger partial charge in [0, 0.05) is 11.6 Å². The molecule has 132 valence electrons. The standard InChI is InChI=1S/C16H14F2N2O4S/c1-24-15-7-5-10(25(19,22)23)9-14(15)20-16(21)8-6-11-12(17)3-2-4-13(11)18/h2-9H,1H3,(H,20,21)(H2,19,22,23)/b8-6+. The molecule has 6 nitrogen and oxygen atoms in total. The third-order valence-electron chi connectivity index (χ3n) is 3.16. The first-order valence-electron chi connectivity index (χ1n) is 6.86. The Morgan fingerprint density at radius 1 is 1.20 bits per heavy atom. The number of halogens is 2. The molecule has 1 amide bonds. The highest BCUT2D eigenvalue weighted by Gasteiger charge is 2.13. The molecular formula is C16H14F2N2O4S. The van der Waals surface area contributed by atoms with Gasteiger partial charge in [-0.3, -0.25) is 4.79 Å². The van der Waals surface area contributed by atoms with Crippen LogP contribution in [0.1, 0.15) is 5.56 Å². The lowest BCUT2D eigenvalue weighted by Gasteiger charge is -2.10. The minimum absolute atomic E-state index is 0.0395. The summed E-state index contributed by atoms with van der Waals surface area (Å²) in [6, 6.07) is 6.96. The van der Waals surface area contributed by atoms with Crippen LogP contribution < -0.4 is 15.2 Å². The van der Waals surface area contributed by atoms with E-state index in [9.17, 15) is 22.0 Å². The number of anilines is 1. The summed E-state index contributed by atoms with van der Waals surface area (Å²) < 4.78 is 54.8. The molecular weight excluding hydrogens is 354 g/mol. The lowest BCUT2D eigenvalue weighted by Crippen LogP contribution is -2.14. The van der Waals surface area contributed by atoms with Gasteiger partial charge in [-0.1, -0.05) is 6.07 Å². The maximum Gasteiger partial charge on any atom is 0.248 e. The fourth-order valence-corrected chi connectivity index (χ4v) is 2.50. The van der Waals surface area contributed by atoms with Gasteiger partial charge in [0.25, 0.3) is 0 Å². The van der Waals surface area contributed by atoms with Crippen LogP contribution in [0.5, 0.6) is 5.75 Å². The fraction of sp³-hybridized carbons (Fsp3) is 0.0625. The first-order valence-corrected chi connectivity index (χ1v) is 8.41. The van der Waals surface area contributed by atoms with E-state index >= 15 is 0 Å². The average molecular weight is 368 g/mol. The topological polar surface area (TPSA) is 98.5 Å². The van der Waals surface area contributed by atoms with Crippen LogP contribution in [0, 0.1) is 11.6 Å². The highest BCUT2D eigenvalue weighted by Crippen LogP contribution is 2.27. The van der Waals surface area contributed by atoms with Crippen LogP contribution in [-0.4, -0.2) is 21.4 Å². The van der Waals surface area contributed by atoms with Crippen molar-refractivity contribution in [3.63, 3.8) is 0 Å². The number of nitrogens with one attached hydrogen (secondary N) is 1. The third kappa shape index (κ3) is 4.61. The second-order valence-corrected chi connectivity index (χ2v) is 6.43. The van der Waals surface area contributed by atoms with Crippen LogP contribution in [0.3, 0.4) is 0 Å². The van der Waals surface area contributed by atoms with E-state index in [2.05, 4.69) is 5.32 Å². The number of methoxy groups -OCH3 is 1. The van der Waals surface area contributed by atoms with E-state index in [0.717, 1.165) is 30.4 Å². The zero-order chi connectivity index (χ0) is 18.6. The van der Waals surface area contributed by atoms with E-state index in [4.69, 9.17) is 9.88 Å². The third-order valence-corrected chi connectivity index (χ3v) is 4.07. The van der Waals surface area contributed by atoms with Crippen molar-refractivity contribution in [3.8, 4) is 5.75 Å². The number of nitrogens with two attached hydrogens (primary N) is 1. The summed E-state index contributed by atoms with van der Waals surface area (Å²) in [5.74, 6) is -2.20. The van der Waals surface area contributed by atoms with Crippen LogP contribution in [-0.2, 0) is 14.8 Å². The van der Waals surface area contributed by atoms with Crippen molar-refractivity contribution in [1.82, 2.24) is 0 Å². The van der Waals surface area contributed by atoms with Crippen molar-refractivity contribution in [2.24, 2.45) is 5.14 Å². The highest BCUT2D eigenvalue weighted by molar-refractivity contribution is 7.89. The van der Waals surface area contributed by atoms with Gasteiger partial charge in [0.1, 0.15) is 17.4 Å². The molecule has 2 rings (SSSR count). The van der Waals surface area contributed by atoms with Crippen LogP contribution in [0.15, 0.2) is 47.4 Å². The van der Waals surface area contributed by atoms with E-state index in [-0.39, 0.29) is 21.9 Å². The molecule has 0 aliphatic rings. The molecule has 0 aliphatic carbocycles. The lowest BCUT2D eigenvalue weighted by molar-refractivity contribution is -0.111. The van der Waals surface area contributed by atoms with Gasteiger partial charge in [-0.2, -0.15) is 0 Å². The minimum Gasteiger partial charge on any atom is -0.495 e. The van der Waals surface area contributed by atoms with E-state index in [0.29, 0.717) is 0 Å².